The first-order chi connectivity index (χ1) is 11.6. The van der Waals surface area contributed by atoms with Crippen molar-refractivity contribution in [2.24, 2.45) is 0 Å². The van der Waals surface area contributed by atoms with Crippen LogP contribution < -0.4 is 5.32 Å². The molecule has 1 aliphatic rings. The Kier molecular flexibility index (Phi) is 5.59. The molecule has 24 heavy (non-hydrogen) atoms. The highest BCUT2D eigenvalue weighted by atomic mass is 35.5. The Labute approximate surface area is 149 Å². The van der Waals surface area contributed by atoms with Crippen molar-refractivity contribution in [1.29, 1.82) is 0 Å². The average Bonchev–Trinajstić information content (AvgIpc) is 3.08. The number of nitrogens with zero attached hydrogens (tertiary/aromatic N) is 3. The van der Waals surface area contributed by atoms with Crippen molar-refractivity contribution in [3.05, 3.63) is 51.8 Å². The SMILES string of the molecule is Cc1nn(Cc2ccccc2Cl)c(C)c1CNCC1CCCN1C. The summed E-state index contributed by atoms with van der Waals surface area (Å²) in [5.41, 5.74) is 4.74. The van der Waals surface area contributed by atoms with Gasteiger partial charge in [-0.15, -0.1) is 0 Å². The molecule has 5 heteroatoms. The van der Waals surface area contributed by atoms with Gasteiger partial charge in [-0.05, 0) is 51.9 Å². The van der Waals surface area contributed by atoms with E-state index in [1.165, 1.54) is 30.6 Å². The third kappa shape index (κ3) is 3.82. The molecule has 1 aromatic carbocycles. The van der Waals surface area contributed by atoms with Gasteiger partial charge in [0.25, 0.3) is 0 Å². The standard InChI is InChI=1S/C19H27ClN4/c1-14-18(12-21-11-17-8-6-10-23(17)3)15(2)24(22-14)13-16-7-4-5-9-19(16)20/h4-5,7,9,17,21H,6,8,10-13H2,1-3H3. The summed E-state index contributed by atoms with van der Waals surface area (Å²) >= 11 is 6.28. The molecule has 2 aromatic rings. The number of nitrogens with one attached hydrogen (secondary N) is 1. The molecular weight excluding hydrogens is 320 g/mol. The van der Waals surface area contributed by atoms with Crippen LogP contribution in [0.15, 0.2) is 24.3 Å². The molecule has 0 aliphatic carbocycles. The van der Waals surface area contributed by atoms with Crippen molar-refractivity contribution in [2.45, 2.75) is 45.8 Å². The van der Waals surface area contributed by atoms with Gasteiger partial charge in [-0.25, -0.2) is 0 Å². The Morgan fingerprint density at radius 1 is 1.29 bits per heavy atom. The monoisotopic (exact) mass is 346 g/mol. The van der Waals surface area contributed by atoms with Gasteiger partial charge in [-0.2, -0.15) is 5.10 Å². The molecule has 1 aromatic heterocycles. The first kappa shape index (κ1) is 17.5. The highest BCUT2D eigenvalue weighted by molar-refractivity contribution is 6.31. The Morgan fingerprint density at radius 2 is 2.08 bits per heavy atom. The predicted molar refractivity (Wildman–Crippen MR) is 99.6 cm³/mol. The molecule has 3 rings (SSSR count). The van der Waals surface area contributed by atoms with Gasteiger partial charge in [0, 0.05) is 35.4 Å². The third-order valence-electron chi connectivity index (χ3n) is 5.16. The lowest BCUT2D eigenvalue weighted by Gasteiger charge is -2.19. The quantitative estimate of drug-likeness (QED) is 0.870. The zero-order valence-corrected chi connectivity index (χ0v) is 15.6. The van der Waals surface area contributed by atoms with Gasteiger partial charge >= 0.3 is 0 Å². The molecule has 1 fully saturated rings. The molecular formula is C19H27ClN4. The predicted octanol–water partition coefficient (Wildman–Crippen LogP) is 3.39. The minimum atomic E-state index is 0.670. The first-order valence-electron chi connectivity index (χ1n) is 8.73. The highest BCUT2D eigenvalue weighted by Gasteiger charge is 2.20. The van der Waals surface area contributed by atoms with E-state index in [0.717, 1.165) is 35.9 Å². The second-order valence-corrected chi connectivity index (χ2v) is 7.21. The van der Waals surface area contributed by atoms with Crippen LogP contribution in [0.1, 0.15) is 35.4 Å². The Hall–Kier alpha value is -1.36. The van der Waals surface area contributed by atoms with E-state index in [4.69, 9.17) is 16.7 Å². The molecule has 0 amide bonds. The molecule has 1 unspecified atom stereocenters. The Balaban J connectivity index is 1.64. The fraction of sp³-hybridized carbons (Fsp3) is 0.526. The van der Waals surface area contributed by atoms with Gasteiger partial charge in [0.05, 0.1) is 12.2 Å². The van der Waals surface area contributed by atoms with Crippen LogP contribution >= 0.6 is 11.6 Å². The summed E-state index contributed by atoms with van der Waals surface area (Å²) < 4.78 is 2.06. The number of hydrogen-bond acceptors (Lipinski definition) is 3. The zero-order valence-electron chi connectivity index (χ0n) is 14.8. The number of likely N-dealkylation sites (tertiary alicyclic amines) is 1. The van der Waals surface area contributed by atoms with Crippen molar-refractivity contribution < 1.29 is 0 Å². The Morgan fingerprint density at radius 3 is 2.79 bits per heavy atom. The van der Waals surface area contributed by atoms with Crippen LogP contribution in [0.2, 0.25) is 5.02 Å². The highest BCUT2D eigenvalue weighted by Crippen LogP contribution is 2.20. The van der Waals surface area contributed by atoms with Gasteiger partial charge in [0.2, 0.25) is 0 Å². The van der Waals surface area contributed by atoms with Crippen LogP contribution in [-0.4, -0.2) is 40.9 Å². The lowest BCUT2D eigenvalue weighted by Crippen LogP contribution is -2.35. The molecule has 130 valence electrons. The van der Waals surface area contributed by atoms with Gasteiger partial charge in [-0.1, -0.05) is 29.8 Å². The van der Waals surface area contributed by atoms with Crippen molar-refractivity contribution in [1.82, 2.24) is 20.0 Å². The van der Waals surface area contributed by atoms with E-state index in [9.17, 15) is 0 Å². The molecule has 1 saturated heterocycles. The fourth-order valence-corrected chi connectivity index (χ4v) is 3.73. The molecule has 1 aliphatic heterocycles. The molecule has 0 bridgehead atoms. The summed E-state index contributed by atoms with van der Waals surface area (Å²) in [5.74, 6) is 0. The largest absolute Gasteiger partial charge is 0.311 e. The maximum absolute atomic E-state index is 6.28. The van der Waals surface area contributed by atoms with Gasteiger partial charge < -0.3 is 10.2 Å². The summed E-state index contributed by atoms with van der Waals surface area (Å²) in [6.45, 7) is 8.11. The van der Waals surface area contributed by atoms with Crippen LogP contribution in [0.4, 0.5) is 0 Å². The van der Waals surface area contributed by atoms with Crippen molar-refractivity contribution >= 4 is 11.6 Å². The summed E-state index contributed by atoms with van der Waals surface area (Å²) in [6, 6.07) is 8.65. The molecule has 0 radical (unpaired) electrons. The number of benzene rings is 1. The van der Waals surface area contributed by atoms with E-state index in [0.29, 0.717) is 6.04 Å². The number of aromatic nitrogens is 2. The molecule has 1 atom stereocenters. The van der Waals surface area contributed by atoms with E-state index < -0.39 is 0 Å². The maximum Gasteiger partial charge on any atom is 0.0677 e. The number of aryl methyl sites for hydroxylation is 1. The normalized spacial score (nSPS) is 18.4. The van der Waals surface area contributed by atoms with Crippen molar-refractivity contribution in [2.75, 3.05) is 20.1 Å². The van der Waals surface area contributed by atoms with E-state index in [1.807, 2.05) is 18.2 Å². The maximum atomic E-state index is 6.28. The smallest absolute Gasteiger partial charge is 0.0677 e. The topological polar surface area (TPSA) is 33.1 Å². The zero-order chi connectivity index (χ0) is 17.1. The summed E-state index contributed by atoms with van der Waals surface area (Å²) in [4.78, 5) is 2.45. The van der Waals surface area contributed by atoms with Crippen LogP contribution in [0.5, 0.6) is 0 Å². The van der Waals surface area contributed by atoms with Gasteiger partial charge in [-0.3, -0.25) is 4.68 Å². The lowest BCUT2D eigenvalue weighted by molar-refractivity contribution is 0.300. The minimum Gasteiger partial charge on any atom is -0.311 e. The Bertz CT molecular complexity index is 695. The minimum absolute atomic E-state index is 0.670. The van der Waals surface area contributed by atoms with E-state index in [-0.39, 0.29) is 0 Å². The van der Waals surface area contributed by atoms with Crippen molar-refractivity contribution in [3.8, 4) is 0 Å². The molecule has 4 nitrogen and oxygen atoms in total. The van der Waals surface area contributed by atoms with Gasteiger partial charge in [0.15, 0.2) is 0 Å². The molecule has 0 spiro atoms. The number of hydrogen-bond donors (Lipinski definition) is 1. The molecule has 0 saturated carbocycles. The van der Waals surface area contributed by atoms with Gasteiger partial charge in [0.1, 0.15) is 0 Å². The summed E-state index contributed by atoms with van der Waals surface area (Å²) in [7, 11) is 2.22. The van der Waals surface area contributed by atoms with Crippen molar-refractivity contribution in [3.63, 3.8) is 0 Å². The summed E-state index contributed by atoms with van der Waals surface area (Å²) in [6.07, 6.45) is 2.61. The van der Waals surface area contributed by atoms with Crippen LogP contribution in [0.3, 0.4) is 0 Å². The third-order valence-corrected chi connectivity index (χ3v) is 5.53. The average molecular weight is 347 g/mol. The number of rotatable bonds is 6. The molecule has 1 N–H and O–H groups in total. The fourth-order valence-electron chi connectivity index (χ4n) is 3.53. The number of halogens is 1. The number of likely N-dealkylation sites (N-methyl/N-ethyl adjacent to an activating group) is 1. The van der Waals surface area contributed by atoms with E-state index in [1.54, 1.807) is 0 Å². The van der Waals surface area contributed by atoms with E-state index in [2.05, 4.69) is 41.9 Å². The van der Waals surface area contributed by atoms with Crippen LogP contribution in [-0.2, 0) is 13.1 Å². The second-order valence-electron chi connectivity index (χ2n) is 6.81. The second kappa shape index (κ2) is 7.68. The molecule has 2 heterocycles. The summed E-state index contributed by atoms with van der Waals surface area (Å²) in [5, 5.41) is 9.14. The lowest BCUT2D eigenvalue weighted by atomic mass is 10.1. The first-order valence-corrected chi connectivity index (χ1v) is 9.11. The van der Waals surface area contributed by atoms with E-state index >= 15 is 0 Å². The van der Waals surface area contributed by atoms with Crippen LogP contribution in [0.25, 0.3) is 0 Å². The van der Waals surface area contributed by atoms with Crippen LogP contribution in [0, 0.1) is 13.8 Å².